The fourth-order valence-electron chi connectivity index (χ4n) is 3.53. The Balaban J connectivity index is 1.86. The monoisotopic (exact) mass is 374 g/mol. The number of aromatic nitrogens is 2. The van der Waals surface area contributed by atoms with Gasteiger partial charge in [-0.3, -0.25) is 0 Å². The second-order valence-corrected chi connectivity index (χ2v) is 8.92. The van der Waals surface area contributed by atoms with Crippen molar-refractivity contribution in [2.75, 3.05) is 28.3 Å². The zero-order valence-corrected chi connectivity index (χ0v) is 16.4. The van der Waals surface area contributed by atoms with Crippen molar-refractivity contribution in [1.82, 2.24) is 9.97 Å². The molecule has 0 bridgehead atoms. The van der Waals surface area contributed by atoms with Gasteiger partial charge in [-0.25, -0.2) is 18.4 Å². The molecule has 0 radical (unpaired) electrons. The molecule has 0 amide bonds. The lowest BCUT2D eigenvalue weighted by molar-refractivity contribution is 0.599. The minimum atomic E-state index is -2.93. The topological polar surface area (TPSA) is 75.2 Å². The van der Waals surface area contributed by atoms with Gasteiger partial charge in [-0.1, -0.05) is 25.1 Å². The Labute approximate surface area is 155 Å². The SMILES string of the molecule is CCc1cccc(C)c1Nc1cc(N(CC)C2CCS(=O)(=O)C2)ncn1. The van der Waals surface area contributed by atoms with Crippen LogP contribution in [0, 0.1) is 6.92 Å². The molecular formula is C19H26N4O2S. The highest BCUT2D eigenvalue weighted by molar-refractivity contribution is 7.91. The summed E-state index contributed by atoms with van der Waals surface area (Å²) < 4.78 is 23.7. The molecule has 2 heterocycles. The van der Waals surface area contributed by atoms with Crippen molar-refractivity contribution in [3.63, 3.8) is 0 Å². The Hall–Kier alpha value is -2.15. The molecule has 1 saturated heterocycles. The van der Waals surface area contributed by atoms with Gasteiger partial charge in [-0.05, 0) is 37.8 Å². The first-order chi connectivity index (χ1) is 12.4. The highest BCUT2D eigenvalue weighted by Gasteiger charge is 2.32. The van der Waals surface area contributed by atoms with Gasteiger partial charge in [0.25, 0.3) is 0 Å². The smallest absolute Gasteiger partial charge is 0.152 e. The van der Waals surface area contributed by atoms with Gasteiger partial charge < -0.3 is 10.2 Å². The summed E-state index contributed by atoms with van der Waals surface area (Å²) >= 11 is 0. The lowest BCUT2D eigenvalue weighted by Crippen LogP contribution is -2.36. The molecule has 26 heavy (non-hydrogen) atoms. The molecule has 140 valence electrons. The minimum Gasteiger partial charge on any atom is -0.353 e. The van der Waals surface area contributed by atoms with Crippen molar-refractivity contribution in [1.29, 1.82) is 0 Å². The molecule has 1 fully saturated rings. The van der Waals surface area contributed by atoms with Gasteiger partial charge in [0.2, 0.25) is 0 Å². The first-order valence-corrected chi connectivity index (χ1v) is 10.9. The van der Waals surface area contributed by atoms with Crippen LogP contribution in [0.25, 0.3) is 0 Å². The molecule has 1 N–H and O–H groups in total. The Kier molecular flexibility index (Phi) is 5.46. The molecule has 1 atom stereocenters. The van der Waals surface area contributed by atoms with Crippen LogP contribution in [-0.2, 0) is 16.3 Å². The van der Waals surface area contributed by atoms with E-state index in [1.807, 2.05) is 13.0 Å². The Morgan fingerprint density at radius 2 is 2.08 bits per heavy atom. The zero-order valence-electron chi connectivity index (χ0n) is 15.6. The molecule has 1 unspecified atom stereocenters. The average Bonchev–Trinajstić information content (AvgIpc) is 2.97. The van der Waals surface area contributed by atoms with Gasteiger partial charge in [0.1, 0.15) is 18.0 Å². The summed E-state index contributed by atoms with van der Waals surface area (Å²) in [5, 5.41) is 3.42. The highest BCUT2D eigenvalue weighted by atomic mass is 32.2. The predicted molar refractivity (Wildman–Crippen MR) is 106 cm³/mol. The Morgan fingerprint density at radius 3 is 2.73 bits per heavy atom. The third kappa shape index (κ3) is 3.98. The summed E-state index contributed by atoms with van der Waals surface area (Å²) in [6.07, 6.45) is 3.12. The standard InChI is InChI=1S/C19H26N4O2S/c1-4-15-8-6-7-14(3)19(15)22-17-11-18(21-13-20-17)23(5-2)16-9-10-26(24,25)12-16/h6-8,11,13,16H,4-5,9-10,12H2,1-3H3,(H,20,21,22). The van der Waals surface area contributed by atoms with Crippen molar-refractivity contribution in [3.8, 4) is 0 Å². The van der Waals surface area contributed by atoms with E-state index >= 15 is 0 Å². The minimum absolute atomic E-state index is 0.0163. The molecule has 0 saturated carbocycles. The maximum absolute atomic E-state index is 11.8. The van der Waals surface area contributed by atoms with Gasteiger partial charge in [0, 0.05) is 24.3 Å². The Bertz CT molecular complexity index is 883. The summed E-state index contributed by atoms with van der Waals surface area (Å²) in [6.45, 7) is 6.94. The summed E-state index contributed by atoms with van der Waals surface area (Å²) in [4.78, 5) is 10.8. The molecule has 2 aromatic rings. The molecule has 3 rings (SSSR count). The van der Waals surface area contributed by atoms with E-state index in [0.717, 1.165) is 23.7 Å². The van der Waals surface area contributed by atoms with E-state index in [0.29, 0.717) is 13.0 Å². The van der Waals surface area contributed by atoms with Gasteiger partial charge >= 0.3 is 0 Å². The number of nitrogens with one attached hydrogen (secondary N) is 1. The average molecular weight is 375 g/mol. The normalized spacial score (nSPS) is 18.7. The van der Waals surface area contributed by atoms with E-state index in [-0.39, 0.29) is 17.5 Å². The highest BCUT2D eigenvalue weighted by Crippen LogP contribution is 2.27. The number of anilines is 3. The number of aryl methyl sites for hydroxylation is 2. The van der Waals surface area contributed by atoms with Crippen LogP contribution in [0.3, 0.4) is 0 Å². The predicted octanol–water partition coefficient (Wildman–Crippen LogP) is 3.10. The first kappa shape index (κ1) is 18.6. The molecule has 1 aliphatic heterocycles. The molecule has 7 heteroatoms. The summed E-state index contributed by atoms with van der Waals surface area (Å²) in [5.41, 5.74) is 3.48. The first-order valence-electron chi connectivity index (χ1n) is 9.08. The maximum atomic E-state index is 11.8. The van der Waals surface area contributed by atoms with E-state index in [4.69, 9.17) is 0 Å². The lowest BCUT2D eigenvalue weighted by atomic mass is 10.1. The number of para-hydroxylation sites is 1. The van der Waals surface area contributed by atoms with Crippen LogP contribution in [0.2, 0.25) is 0 Å². The number of nitrogens with zero attached hydrogens (tertiary/aromatic N) is 3. The van der Waals surface area contributed by atoms with Crippen LogP contribution in [0.4, 0.5) is 17.3 Å². The van der Waals surface area contributed by atoms with Crippen LogP contribution in [0.15, 0.2) is 30.6 Å². The van der Waals surface area contributed by atoms with Crippen LogP contribution < -0.4 is 10.2 Å². The van der Waals surface area contributed by atoms with E-state index in [2.05, 4.69) is 52.2 Å². The number of hydrogen-bond donors (Lipinski definition) is 1. The van der Waals surface area contributed by atoms with Gasteiger partial charge in [-0.2, -0.15) is 0 Å². The van der Waals surface area contributed by atoms with Crippen LogP contribution >= 0.6 is 0 Å². The van der Waals surface area contributed by atoms with Crippen LogP contribution in [0.1, 0.15) is 31.4 Å². The second-order valence-electron chi connectivity index (χ2n) is 6.69. The summed E-state index contributed by atoms with van der Waals surface area (Å²) in [7, 11) is -2.93. The third-order valence-corrected chi connectivity index (χ3v) is 6.68. The van der Waals surface area contributed by atoms with E-state index < -0.39 is 9.84 Å². The third-order valence-electron chi connectivity index (χ3n) is 4.93. The maximum Gasteiger partial charge on any atom is 0.152 e. The number of rotatable bonds is 6. The van der Waals surface area contributed by atoms with Crippen LogP contribution in [0.5, 0.6) is 0 Å². The molecule has 1 aromatic heterocycles. The van der Waals surface area contributed by atoms with Crippen molar-refractivity contribution in [3.05, 3.63) is 41.7 Å². The molecule has 1 aromatic carbocycles. The number of sulfone groups is 1. The van der Waals surface area contributed by atoms with Crippen molar-refractivity contribution < 1.29 is 8.42 Å². The van der Waals surface area contributed by atoms with Gasteiger partial charge in [0.05, 0.1) is 11.5 Å². The van der Waals surface area contributed by atoms with Crippen LogP contribution in [-0.4, -0.2) is 42.5 Å². The van der Waals surface area contributed by atoms with Gasteiger partial charge in [0.15, 0.2) is 9.84 Å². The molecule has 1 aliphatic rings. The quantitative estimate of drug-likeness (QED) is 0.837. The summed E-state index contributed by atoms with van der Waals surface area (Å²) in [6, 6.07) is 8.13. The van der Waals surface area contributed by atoms with E-state index in [9.17, 15) is 8.42 Å². The fourth-order valence-corrected chi connectivity index (χ4v) is 5.26. The molecule has 0 spiro atoms. The van der Waals surface area contributed by atoms with Crippen molar-refractivity contribution in [2.45, 2.75) is 39.7 Å². The van der Waals surface area contributed by atoms with Crippen molar-refractivity contribution in [2.24, 2.45) is 0 Å². The van der Waals surface area contributed by atoms with E-state index in [1.54, 1.807) is 0 Å². The zero-order chi connectivity index (χ0) is 18.7. The fraction of sp³-hybridized carbons (Fsp3) is 0.474. The largest absolute Gasteiger partial charge is 0.353 e. The second kappa shape index (κ2) is 7.61. The van der Waals surface area contributed by atoms with Crippen molar-refractivity contribution >= 4 is 27.2 Å². The summed E-state index contributed by atoms with van der Waals surface area (Å²) in [5.74, 6) is 1.94. The number of benzene rings is 1. The molecule has 6 nitrogen and oxygen atoms in total. The van der Waals surface area contributed by atoms with E-state index in [1.165, 1.54) is 17.5 Å². The number of hydrogen-bond acceptors (Lipinski definition) is 6. The lowest BCUT2D eigenvalue weighted by Gasteiger charge is -2.28. The molecular weight excluding hydrogens is 348 g/mol. The van der Waals surface area contributed by atoms with Gasteiger partial charge in [-0.15, -0.1) is 0 Å². The Morgan fingerprint density at radius 1 is 1.27 bits per heavy atom. The molecule has 0 aliphatic carbocycles.